The first-order valence-electron chi connectivity index (χ1n) is 4.49. The molecule has 0 unspecified atom stereocenters. The van der Waals surface area contributed by atoms with Crippen molar-refractivity contribution in [2.45, 2.75) is 6.42 Å². The Balaban J connectivity index is 2.61. The van der Waals surface area contributed by atoms with Crippen LogP contribution in [0.5, 0.6) is 0 Å². The number of anilines is 1. The molecule has 0 aromatic heterocycles. The van der Waals surface area contributed by atoms with Gasteiger partial charge in [0.25, 0.3) is 0 Å². The minimum Gasteiger partial charge on any atom is -0.308 e. The quantitative estimate of drug-likeness (QED) is 0.546. The first-order valence-corrected chi connectivity index (χ1v) is 4.49. The molecule has 0 aliphatic rings. The van der Waals surface area contributed by atoms with Crippen LogP contribution >= 0.6 is 0 Å². The number of hydrazine groups is 1. The summed E-state index contributed by atoms with van der Waals surface area (Å²) < 4.78 is 0. The van der Waals surface area contributed by atoms with Gasteiger partial charge >= 0.3 is 0 Å². The lowest BCUT2D eigenvalue weighted by atomic mass is 10.3. The van der Waals surface area contributed by atoms with Gasteiger partial charge in [-0.05, 0) is 18.6 Å². The number of para-hydroxylation sites is 1. The molecule has 1 aromatic rings. The molecule has 0 aliphatic heterocycles. The van der Waals surface area contributed by atoms with Gasteiger partial charge in [-0.2, -0.15) is 0 Å². The van der Waals surface area contributed by atoms with Crippen molar-refractivity contribution in [2.24, 2.45) is 0 Å². The van der Waals surface area contributed by atoms with Crippen LogP contribution < -0.4 is 10.4 Å². The molecule has 0 fully saturated rings. The summed E-state index contributed by atoms with van der Waals surface area (Å²) in [5.41, 5.74) is 4.33. The van der Waals surface area contributed by atoms with Crippen molar-refractivity contribution in [3.63, 3.8) is 0 Å². The van der Waals surface area contributed by atoms with Crippen LogP contribution in [0.2, 0.25) is 0 Å². The maximum absolute atomic E-state index is 3.71. The smallest absolute Gasteiger partial charge is 0.0519 e. The molecule has 70 valence electrons. The van der Waals surface area contributed by atoms with Gasteiger partial charge in [0.1, 0.15) is 0 Å². The van der Waals surface area contributed by atoms with E-state index in [2.05, 4.69) is 29.1 Å². The Hall–Kier alpha value is -1.28. The molecule has 0 heterocycles. The van der Waals surface area contributed by atoms with Crippen LogP contribution in [-0.4, -0.2) is 13.6 Å². The van der Waals surface area contributed by atoms with E-state index in [-0.39, 0.29) is 0 Å². The van der Waals surface area contributed by atoms with Gasteiger partial charge in [0.15, 0.2) is 0 Å². The monoisotopic (exact) mass is 176 g/mol. The topological polar surface area (TPSA) is 15.3 Å². The van der Waals surface area contributed by atoms with Crippen molar-refractivity contribution >= 4 is 5.69 Å². The summed E-state index contributed by atoms with van der Waals surface area (Å²) in [6.45, 7) is 4.65. The van der Waals surface area contributed by atoms with Gasteiger partial charge in [-0.25, -0.2) is 5.43 Å². The van der Waals surface area contributed by atoms with Gasteiger partial charge in [-0.15, -0.1) is 6.58 Å². The zero-order valence-corrected chi connectivity index (χ0v) is 8.03. The molecule has 0 atom stereocenters. The zero-order valence-electron chi connectivity index (χ0n) is 8.03. The predicted octanol–water partition coefficient (Wildman–Crippen LogP) is 2.20. The third-order valence-corrected chi connectivity index (χ3v) is 1.89. The normalized spacial score (nSPS) is 9.62. The fourth-order valence-electron chi connectivity index (χ4n) is 1.20. The fraction of sp³-hybridized carbons (Fsp3) is 0.273. The lowest BCUT2D eigenvalue weighted by Gasteiger charge is -2.22. The largest absolute Gasteiger partial charge is 0.308 e. The van der Waals surface area contributed by atoms with E-state index in [1.807, 2.05) is 31.3 Å². The molecule has 0 spiro atoms. The lowest BCUT2D eigenvalue weighted by Crippen LogP contribution is -2.35. The zero-order chi connectivity index (χ0) is 9.52. The SMILES string of the molecule is C=CCCN(NC)c1ccccc1. The lowest BCUT2D eigenvalue weighted by molar-refractivity contribution is 0.703. The maximum atomic E-state index is 3.71. The molecule has 13 heavy (non-hydrogen) atoms. The van der Waals surface area contributed by atoms with E-state index in [4.69, 9.17) is 0 Å². The van der Waals surface area contributed by atoms with Crippen LogP contribution in [0.3, 0.4) is 0 Å². The molecule has 0 amide bonds. The Morgan fingerprint density at radius 2 is 2.08 bits per heavy atom. The second kappa shape index (κ2) is 5.38. The number of hydrogen-bond donors (Lipinski definition) is 1. The number of benzene rings is 1. The first kappa shape index (κ1) is 9.81. The number of hydrogen-bond acceptors (Lipinski definition) is 2. The first-order chi connectivity index (χ1) is 6.38. The van der Waals surface area contributed by atoms with E-state index in [1.54, 1.807) is 0 Å². The van der Waals surface area contributed by atoms with Crippen molar-refractivity contribution in [1.29, 1.82) is 0 Å². The van der Waals surface area contributed by atoms with Crippen molar-refractivity contribution in [3.05, 3.63) is 43.0 Å². The summed E-state index contributed by atoms with van der Waals surface area (Å²) in [5, 5.41) is 2.10. The van der Waals surface area contributed by atoms with Gasteiger partial charge < -0.3 is 5.01 Å². The Morgan fingerprint density at radius 1 is 1.38 bits per heavy atom. The second-order valence-electron chi connectivity index (χ2n) is 2.79. The van der Waals surface area contributed by atoms with Crippen molar-refractivity contribution < 1.29 is 0 Å². The minimum absolute atomic E-state index is 0.948. The molecule has 1 N–H and O–H groups in total. The van der Waals surface area contributed by atoms with Crippen LogP contribution in [-0.2, 0) is 0 Å². The van der Waals surface area contributed by atoms with E-state index in [9.17, 15) is 0 Å². The van der Waals surface area contributed by atoms with Gasteiger partial charge in [-0.3, -0.25) is 0 Å². The molecule has 2 nitrogen and oxygen atoms in total. The van der Waals surface area contributed by atoms with E-state index in [0.717, 1.165) is 13.0 Å². The molecule has 1 rings (SSSR count). The van der Waals surface area contributed by atoms with Crippen molar-refractivity contribution in [1.82, 2.24) is 5.43 Å². The standard InChI is InChI=1S/C11H16N2/c1-3-4-10-13(12-2)11-8-6-5-7-9-11/h3,5-9,12H,1,4,10H2,2H3. The summed E-state index contributed by atoms with van der Waals surface area (Å²) in [6, 6.07) is 10.3. The van der Waals surface area contributed by atoms with E-state index < -0.39 is 0 Å². The second-order valence-corrected chi connectivity index (χ2v) is 2.79. The van der Waals surface area contributed by atoms with Gasteiger partial charge in [0, 0.05) is 13.6 Å². The Kier molecular flexibility index (Phi) is 4.06. The summed E-state index contributed by atoms with van der Waals surface area (Å²) in [7, 11) is 1.93. The Morgan fingerprint density at radius 3 is 2.62 bits per heavy atom. The summed E-state index contributed by atoms with van der Waals surface area (Å²) in [4.78, 5) is 0. The molecule has 0 radical (unpaired) electrons. The van der Waals surface area contributed by atoms with E-state index in [1.165, 1.54) is 5.69 Å². The Bertz CT molecular complexity index is 244. The van der Waals surface area contributed by atoms with Crippen LogP contribution in [0.25, 0.3) is 0 Å². The third-order valence-electron chi connectivity index (χ3n) is 1.89. The molecule has 0 bridgehead atoms. The minimum atomic E-state index is 0.948. The molecule has 0 saturated carbocycles. The average Bonchev–Trinajstić information content (AvgIpc) is 2.21. The average molecular weight is 176 g/mol. The molecular formula is C11H16N2. The third kappa shape index (κ3) is 2.92. The molecule has 0 saturated heterocycles. The van der Waals surface area contributed by atoms with Gasteiger partial charge in [0.2, 0.25) is 0 Å². The molecule has 1 aromatic carbocycles. The van der Waals surface area contributed by atoms with Crippen LogP contribution in [0, 0.1) is 0 Å². The van der Waals surface area contributed by atoms with Crippen molar-refractivity contribution in [3.8, 4) is 0 Å². The predicted molar refractivity (Wildman–Crippen MR) is 57.7 cm³/mol. The number of nitrogens with zero attached hydrogens (tertiary/aromatic N) is 1. The van der Waals surface area contributed by atoms with E-state index in [0.29, 0.717) is 0 Å². The van der Waals surface area contributed by atoms with Crippen molar-refractivity contribution in [2.75, 3.05) is 18.6 Å². The highest BCUT2D eigenvalue weighted by Gasteiger charge is 2.00. The Labute approximate surface area is 79.8 Å². The maximum Gasteiger partial charge on any atom is 0.0519 e. The van der Waals surface area contributed by atoms with Crippen LogP contribution in [0.15, 0.2) is 43.0 Å². The fourth-order valence-corrected chi connectivity index (χ4v) is 1.20. The molecule has 2 heteroatoms. The highest BCUT2D eigenvalue weighted by Crippen LogP contribution is 2.10. The van der Waals surface area contributed by atoms with E-state index >= 15 is 0 Å². The van der Waals surface area contributed by atoms with Crippen LogP contribution in [0.1, 0.15) is 6.42 Å². The summed E-state index contributed by atoms with van der Waals surface area (Å²) in [6.07, 6.45) is 2.91. The van der Waals surface area contributed by atoms with Gasteiger partial charge in [0.05, 0.1) is 5.69 Å². The number of rotatable bonds is 5. The highest BCUT2D eigenvalue weighted by molar-refractivity contribution is 5.44. The number of nitrogens with one attached hydrogen (secondary N) is 1. The molecule has 0 aliphatic carbocycles. The van der Waals surface area contributed by atoms with Crippen LogP contribution in [0.4, 0.5) is 5.69 Å². The highest BCUT2D eigenvalue weighted by atomic mass is 15.5. The summed E-state index contributed by atoms with van der Waals surface area (Å²) >= 11 is 0. The summed E-state index contributed by atoms with van der Waals surface area (Å²) in [5.74, 6) is 0. The molecular weight excluding hydrogens is 160 g/mol. The van der Waals surface area contributed by atoms with Gasteiger partial charge in [-0.1, -0.05) is 24.3 Å².